The highest BCUT2D eigenvalue weighted by Gasteiger charge is 2.19. The number of nitrogens with one attached hydrogen (secondary N) is 1. The Morgan fingerprint density at radius 1 is 1.12 bits per heavy atom. The number of hydrogen-bond donors (Lipinski definition) is 2. The average Bonchev–Trinajstić information content (AvgIpc) is 2.58. The zero-order valence-corrected chi connectivity index (χ0v) is 14.3. The first-order valence-corrected chi connectivity index (χ1v) is 8.76. The lowest BCUT2D eigenvalue weighted by atomic mass is 10.1. The minimum absolute atomic E-state index is 0.0294. The van der Waals surface area contributed by atoms with Crippen LogP contribution >= 0.6 is 0 Å². The number of nitrogens with zero attached hydrogens (tertiary/aromatic N) is 1. The van der Waals surface area contributed by atoms with Crippen LogP contribution in [0.3, 0.4) is 0 Å². The summed E-state index contributed by atoms with van der Waals surface area (Å²) < 4.78 is 0. The summed E-state index contributed by atoms with van der Waals surface area (Å²) in [5.41, 5.74) is 7.53. The van der Waals surface area contributed by atoms with Gasteiger partial charge in [-0.25, -0.2) is 0 Å². The number of benzene rings is 1. The summed E-state index contributed by atoms with van der Waals surface area (Å²) >= 11 is 0. The molecule has 0 unspecified atom stereocenters. The second-order valence-electron chi connectivity index (χ2n) is 6.05. The summed E-state index contributed by atoms with van der Waals surface area (Å²) in [7, 11) is 0. The molecule has 0 aliphatic carbocycles. The molecule has 4 heteroatoms. The minimum atomic E-state index is 0.0294. The van der Waals surface area contributed by atoms with Crippen LogP contribution in [-0.4, -0.2) is 19.0 Å². The molecular formula is C20H27N3O. The van der Waals surface area contributed by atoms with E-state index >= 15 is 0 Å². The van der Waals surface area contributed by atoms with Crippen molar-refractivity contribution in [1.29, 1.82) is 0 Å². The van der Waals surface area contributed by atoms with Gasteiger partial charge in [-0.2, -0.15) is 0 Å². The van der Waals surface area contributed by atoms with Gasteiger partial charge in [-0.1, -0.05) is 37.7 Å². The fourth-order valence-electron chi connectivity index (χ4n) is 2.70. The molecule has 1 aliphatic rings. The highest BCUT2D eigenvalue weighted by Crippen LogP contribution is 2.20. The lowest BCUT2D eigenvalue weighted by Gasteiger charge is -2.30. The van der Waals surface area contributed by atoms with E-state index in [1.54, 1.807) is 0 Å². The van der Waals surface area contributed by atoms with Crippen LogP contribution in [0.25, 0.3) is 0 Å². The van der Waals surface area contributed by atoms with Gasteiger partial charge >= 0.3 is 0 Å². The zero-order valence-electron chi connectivity index (χ0n) is 14.3. The van der Waals surface area contributed by atoms with Crippen molar-refractivity contribution in [2.45, 2.75) is 44.9 Å². The molecule has 0 atom stereocenters. The molecule has 1 aliphatic heterocycles. The Kier molecular flexibility index (Phi) is 7.38. The molecule has 1 heterocycles. The van der Waals surface area contributed by atoms with E-state index in [9.17, 15) is 4.79 Å². The molecule has 4 nitrogen and oxygen atoms in total. The van der Waals surface area contributed by atoms with Crippen molar-refractivity contribution in [1.82, 2.24) is 5.32 Å². The standard InChI is InChI=1S/C20H27N3O/c1-17-22-20(24)14-16-23(17)19-12-10-18(11-13-19)9-7-5-3-2-4-6-8-15-21/h10-13H,1-6,8,14-16,21H2,(H,22,24). The molecule has 1 saturated heterocycles. The third kappa shape index (κ3) is 5.75. The predicted octanol–water partition coefficient (Wildman–Crippen LogP) is 3.13. The van der Waals surface area contributed by atoms with E-state index < -0.39 is 0 Å². The first-order valence-electron chi connectivity index (χ1n) is 8.76. The van der Waals surface area contributed by atoms with Gasteiger partial charge in [0, 0.05) is 30.6 Å². The van der Waals surface area contributed by atoms with E-state index in [1.165, 1.54) is 19.3 Å². The third-order valence-corrected chi connectivity index (χ3v) is 4.09. The van der Waals surface area contributed by atoms with E-state index in [0.717, 1.165) is 37.1 Å². The molecule has 128 valence electrons. The Morgan fingerprint density at radius 3 is 2.54 bits per heavy atom. The van der Waals surface area contributed by atoms with Crippen LogP contribution in [0.4, 0.5) is 5.69 Å². The number of anilines is 1. The van der Waals surface area contributed by atoms with E-state index in [0.29, 0.717) is 18.8 Å². The molecule has 0 bridgehead atoms. The number of nitrogens with two attached hydrogens (primary N) is 1. The Hall–Kier alpha value is -2.25. The summed E-state index contributed by atoms with van der Waals surface area (Å²) in [6.45, 7) is 5.37. The van der Waals surface area contributed by atoms with Gasteiger partial charge in [-0.05, 0) is 43.7 Å². The van der Waals surface area contributed by atoms with Gasteiger partial charge in [0.2, 0.25) is 5.91 Å². The topological polar surface area (TPSA) is 58.4 Å². The maximum Gasteiger partial charge on any atom is 0.227 e. The SMILES string of the molecule is C=C1NC(=O)CCN1c1ccc(C#CCCCCCCCN)cc1. The first kappa shape index (κ1) is 18.1. The molecule has 2 rings (SSSR count). The number of amides is 1. The predicted molar refractivity (Wildman–Crippen MR) is 99.3 cm³/mol. The van der Waals surface area contributed by atoms with Crippen LogP contribution in [0, 0.1) is 11.8 Å². The quantitative estimate of drug-likeness (QED) is 0.598. The fraction of sp³-hybridized carbons (Fsp3) is 0.450. The molecule has 0 spiro atoms. The molecule has 0 aromatic heterocycles. The van der Waals surface area contributed by atoms with Crippen molar-refractivity contribution in [3.63, 3.8) is 0 Å². The third-order valence-electron chi connectivity index (χ3n) is 4.09. The van der Waals surface area contributed by atoms with Crippen LogP contribution in [0.5, 0.6) is 0 Å². The summed E-state index contributed by atoms with van der Waals surface area (Å²) in [4.78, 5) is 13.3. The van der Waals surface area contributed by atoms with Gasteiger partial charge < -0.3 is 16.0 Å². The maximum atomic E-state index is 11.3. The van der Waals surface area contributed by atoms with E-state index in [2.05, 4.69) is 23.7 Å². The van der Waals surface area contributed by atoms with Gasteiger partial charge in [-0.15, -0.1) is 0 Å². The highest BCUT2D eigenvalue weighted by atomic mass is 16.1. The number of rotatable bonds is 7. The monoisotopic (exact) mass is 325 g/mol. The smallest absolute Gasteiger partial charge is 0.227 e. The molecule has 1 aromatic rings. The summed E-state index contributed by atoms with van der Waals surface area (Å²) in [5.74, 6) is 7.13. The van der Waals surface area contributed by atoms with E-state index in [4.69, 9.17) is 5.73 Å². The zero-order chi connectivity index (χ0) is 17.2. The van der Waals surface area contributed by atoms with Gasteiger partial charge in [0.15, 0.2) is 0 Å². The normalized spacial score (nSPS) is 14.1. The van der Waals surface area contributed by atoms with Crippen LogP contribution in [-0.2, 0) is 4.79 Å². The van der Waals surface area contributed by atoms with Crippen LogP contribution in [0.15, 0.2) is 36.7 Å². The van der Waals surface area contributed by atoms with Crippen molar-refractivity contribution in [2.24, 2.45) is 5.73 Å². The summed E-state index contributed by atoms with van der Waals surface area (Å²) in [6.07, 6.45) is 7.44. The molecule has 0 saturated carbocycles. The lowest BCUT2D eigenvalue weighted by molar-refractivity contribution is -0.120. The number of carbonyl (C=O) groups excluding carboxylic acids is 1. The number of hydrogen-bond acceptors (Lipinski definition) is 3. The van der Waals surface area contributed by atoms with Crippen molar-refractivity contribution >= 4 is 11.6 Å². The highest BCUT2D eigenvalue weighted by molar-refractivity contribution is 5.81. The number of carbonyl (C=O) groups is 1. The molecule has 1 amide bonds. The largest absolute Gasteiger partial charge is 0.330 e. The molecule has 3 N–H and O–H groups in total. The second-order valence-corrected chi connectivity index (χ2v) is 6.05. The van der Waals surface area contributed by atoms with Crippen LogP contribution in [0.1, 0.15) is 50.5 Å². The van der Waals surface area contributed by atoms with Crippen LogP contribution in [0.2, 0.25) is 0 Å². The lowest BCUT2D eigenvalue weighted by Crippen LogP contribution is -2.42. The van der Waals surface area contributed by atoms with E-state index in [-0.39, 0.29) is 5.91 Å². The Bertz CT molecular complexity index is 610. The first-order chi connectivity index (χ1) is 11.7. The van der Waals surface area contributed by atoms with Crippen molar-refractivity contribution < 1.29 is 4.79 Å². The molecule has 0 radical (unpaired) electrons. The van der Waals surface area contributed by atoms with Crippen molar-refractivity contribution in [3.8, 4) is 11.8 Å². The van der Waals surface area contributed by atoms with Crippen molar-refractivity contribution in [2.75, 3.05) is 18.0 Å². The van der Waals surface area contributed by atoms with Gasteiger partial charge in [0.05, 0.1) is 0 Å². The van der Waals surface area contributed by atoms with Crippen molar-refractivity contribution in [3.05, 3.63) is 42.2 Å². The summed E-state index contributed by atoms with van der Waals surface area (Å²) in [6, 6.07) is 8.10. The average molecular weight is 325 g/mol. The molecular weight excluding hydrogens is 298 g/mol. The Labute approximate surface area is 145 Å². The van der Waals surface area contributed by atoms with E-state index in [1.807, 2.05) is 29.2 Å². The fourth-order valence-corrected chi connectivity index (χ4v) is 2.70. The number of unbranched alkanes of at least 4 members (excludes halogenated alkanes) is 5. The minimum Gasteiger partial charge on any atom is -0.330 e. The molecule has 1 aromatic carbocycles. The molecule has 24 heavy (non-hydrogen) atoms. The maximum absolute atomic E-state index is 11.3. The summed E-state index contributed by atoms with van der Waals surface area (Å²) in [5, 5.41) is 2.77. The Morgan fingerprint density at radius 2 is 1.83 bits per heavy atom. The second kappa shape index (κ2) is 9.79. The van der Waals surface area contributed by atoms with Gasteiger partial charge in [0.1, 0.15) is 5.82 Å². The molecule has 1 fully saturated rings. The van der Waals surface area contributed by atoms with Gasteiger partial charge in [0.25, 0.3) is 0 Å². The van der Waals surface area contributed by atoms with Gasteiger partial charge in [-0.3, -0.25) is 4.79 Å². The van der Waals surface area contributed by atoms with Crippen LogP contribution < -0.4 is 16.0 Å². The Balaban J connectivity index is 1.77.